The van der Waals surface area contributed by atoms with E-state index in [4.69, 9.17) is 0 Å². The third-order valence-corrected chi connectivity index (χ3v) is 3.25. The number of fused-ring (bicyclic) bond motifs is 1. The number of aryl methyl sites for hydroxylation is 1. The van der Waals surface area contributed by atoms with Crippen LogP contribution < -0.4 is 9.88 Å². The van der Waals surface area contributed by atoms with Crippen LogP contribution in [-0.2, 0) is 13.5 Å². The van der Waals surface area contributed by atoms with Crippen molar-refractivity contribution in [2.75, 3.05) is 5.32 Å². The lowest BCUT2D eigenvalue weighted by molar-refractivity contribution is -0.671. The van der Waals surface area contributed by atoms with E-state index in [2.05, 4.69) is 15.4 Å². The van der Waals surface area contributed by atoms with E-state index >= 15 is 0 Å². The number of pyridine rings is 1. The maximum Gasteiger partial charge on any atom is 0.286 e. The Morgan fingerprint density at radius 1 is 1.50 bits per heavy atom. The molecule has 2 aromatic heterocycles. The number of nitro groups is 1. The molecular weight excluding hydrogens is 260 g/mol. The first-order chi connectivity index (χ1) is 9.65. The summed E-state index contributed by atoms with van der Waals surface area (Å²) < 4.78 is 3.46. The molecule has 3 rings (SSSR count). The van der Waals surface area contributed by atoms with Gasteiger partial charge in [0, 0.05) is 18.6 Å². The van der Waals surface area contributed by atoms with Crippen LogP contribution in [0.1, 0.15) is 11.6 Å². The molecule has 0 aliphatic carbocycles. The van der Waals surface area contributed by atoms with Gasteiger partial charge in [0.15, 0.2) is 18.4 Å². The van der Waals surface area contributed by atoms with Crippen LogP contribution in [0.3, 0.4) is 0 Å². The van der Waals surface area contributed by atoms with E-state index in [1.54, 1.807) is 4.68 Å². The molecule has 8 heteroatoms. The van der Waals surface area contributed by atoms with Gasteiger partial charge >= 0.3 is 0 Å². The Bertz CT molecular complexity index is 676. The maximum absolute atomic E-state index is 11.2. The summed E-state index contributed by atoms with van der Waals surface area (Å²) in [5, 5.41) is 18.0. The lowest BCUT2D eigenvalue weighted by Gasteiger charge is -2.20. The van der Waals surface area contributed by atoms with Gasteiger partial charge in [0.2, 0.25) is 5.95 Å². The van der Waals surface area contributed by atoms with Gasteiger partial charge in [-0.3, -0.25) is 10.1 Å². The summed E-state index contributed by atoms with van der Waals surface area (Å²) in [5.41, 5.74) is 1.08. The number of nitrogens with one attached hydrogen (secondary N) is 1. The molecule has 0 bridgehead atoms. The lowest BCUT2D eigenvalue weighted by atomic mass is 10.0. The van der Waals surface area contributed by atoms with Crippen LogP contribution in [0.5, 0.6) is 0 Å². The van der Waals surface area contributed by atoms with E-state index in [1.165, 1.54) is 12.5 Å². The number of rotatable bonds is 3. The van der Waals surface area contributed by atoms with Crippen LogP contribution in [0.25, 0.3) is 0 Å². The Hall–Kier alpha value is -2.77. The van der Waals surface area contributed by atoms with Crippen molar-refractivity contribution in [2.24, 2.45) is 7.05 Å². The first-order valence-corrected chi connectivity index (χ1v) is 6.10. The van der Waals surface area contributed by atoms with E-state index in [1.807, 2.05) is 36.1 Å². The highest BCUT2D eigenvalue weighted by Crippen LogP contribution is 2.28. The molecule has 0 saturated carbocycles. The number of allylic oxidation sites excluding steroid dienone is 1. The second-order valence-corrected chi connectivity index (χ2v) is 4.59. The van der Waals surface area contributed by atoms with Gasteiger partial charge in [0.25, 0.3) is 5.70 Å². The number of nitrogens with zero attached hydrogens (tertiary/aromatic N) is 5. The van der Waals surface area contributed by atoms with Crippen molar-refractivity contribution in [2.45, 2.75) is 12.5 Å². The van der Waals surface area contributed by atoms with Crippen LogP contribution in [0.2, 0.25) is 0 Å². The standard InChI is InChI=1S/C12H13N6O2/c1-16-4-2-9(3-5-16)6-10-11(18(19)20)7-13-12-14-8-15-17(10)12/h2-5,7-8,10H,6H2,1H3,(H,13,14,15)/q+1. The molecule has 1 aliphatic rings. The van der Waals surface area contributed by atoms with Gasteiger partial charge in [0.05, 0.1) is 11.1 Å². The molecule has 1 aliphatic heterocycles. The second kappa shape index (κ2) is 4.72. The smallest absolute Gasteiger partial charge is 0.286 e. The zero-order chi connectivity index (χ0) is 14.1. The van der Waals surface area contributed by atoms with Crippen molar-refractivity contribution >= 4 is 5.95 Å². The molecule has 0 saturated heterocycles. The minimum absolute atomic E-state index is 0.0798. The first kappa shape index (κ1) is 12.3. The normalized spacial score (nSPS) is 17.1. The zero-order valence-electron chi connectivity index (χ0n) is 10.8. The van der Waals surface area contributed by atoms with E-state index in [9.17, 15) is 10.1 Å². The van der Waals surface area contributed by atoms with Crippen LogP contribution in [-0.4, -0.2) is 19.7 Å². The highest BCUT2D eigenvalue weighted by Gasteiger charge is 2.33. The van der Waals surface area contributed by atoms with Crippen LogP contribution in [0.4, 0.5) is 5.95 Å². The molecule has 102 valence electrons. The predicted molar refractivity (Wildman–Crippen MR) is 69.1 cm³/mol. The molecule has 1 unspecified atom stereocenters. The van der Waals surface area contributed by atoms with Crippen LogP contribution in [0, 0.1) is 10.1 Å². The third kappa shape index (κ3) is 2.11. The highest BCUT2D eigenvalue weighted by atomic mass is 16.6. The molecule has 3 heterocycles. The van der Waals surface area contributed by atoms with E-state index < -0.39 is 6.04 Å². The Morgan fingerprint density at radius 3 is 2.95 bits per heavy atom. The van der Waals surface area contributed by atoms with Gasteiger partial charge in [0.1, 0.15) is 13.4 Å². The number of aromatic nitrogens is 4. The van der Waals surface area contributed by atoms with Gasteiger partial charge in [-0.2, -0.15) is 10.1 Å². The van der Waals surface area contributed by atoms with E-state index in [0.29, 0.717) is 12.4 Å². The summed E-state index contributed by atoms with van der Waals surface area (Å²) in [6, 6.07) is 3.42. The molecule has 0 spiro atoms. The van der Waals surface area contributed by atoms with Crippen LogP contribution in [0.15, 0.2) is 42.8 Å². The van der Waals surface area contributed by atoms with Crippen molar-refractivity contribution in [1.82, 2.24) is 14.8 Å². The van der Waals surface area contributed by atoms with Crippen molar-refractivity contribution < 1.29 is 9.49 Å². The van der Waals surface area contributed by atoms with Crippen molar-refractivity contribution in [3.05, 3.63) is 58.4 Å². The van der Waals surface area contributed by atoms with Gasteiger partial charge in [-0.05, 0) is 5.56 Å². The molecule has 20 heavy (non-hydrogen) atoms. The minimum Gasteiger partial charge on any atom is -0.325 e. The topological polar surface area (TPSA) is 89.8 Å². The van der Waals surface area contributed by atoms with E-state index in [-0.39, 0.29) is 10.6 Å². The molecule has 0 radical (unpaired) electrons. The summed E-state index contributed by atoms with van der Waals surface area (Å²) in [6.45, 7) is 0. The average Bonchev–Trinajstić information content (AvgIpc) is 2.90. The summed E-state index contributed by atoms with van der Waals surface area (Å²) in [6.07, 6.45) is 7.09. The average molecular weight is 273 g/mol. The van der Waals surface area contributed by atoms with Crippen molar-refractivity contribution in [1.29, 1.82) is 0 Å². The van der Waals surface area contributed by atoms with Gasteiger partial charge in [-0.1, -0.05) is 0 Å². The Labute approximate surface area is 114 Å². The fourth-order valence-electron chi connectivity index (χ4n) is 2.20. The highest BCUT2D eigenvalue weighted by molar-refractivity contribution is 5.35. The number of hydrogen-bond acceptors (Lipinski definition) is 5. The van der Waals surface area contributed by atoms with Crippen molar-refractivity contribution in [3.8, 4) is 0 Å². The lowest BCUT2D eigenvalue weighted by Crippen LogP contribution is -2.28. The summed E-state index contributed by atoms with van der Waals surface area (Å²) >= 11 is 0. The number of anilines is 1. The van der Waals surface area contributed by atoms with E-state index in [0.717, 1.165) is 5.56 Å². The van der Waals surface area contributed by atoms with Crippen LogP contribution >= 0.6 is 0 Å². The molecular formula is C12H13N6O2+. The third-order valence-electron chi connectivity index (χ3n) is 3.25. The predicted octanol–water partition coefficient (Wildman–Crippen LogP) is 0.430. The molecule has 0 fully saturated rings. The van der Waals surface area contributed by atoms with Gasteiger partial charge < -0.3 is 5.32 Å². The van der Waals surface area contributed by atoms with Gasteiger partial charge in [-0.25, -0.2) is 9.25 Å². The molecule has 0 amide bonds. The monoisotopic (exact) mass is 273 g/mol. The molecule has 8 nitrogen and oxygen atoms in total. The fourth-order valence-corrected chi connectivity index (χ4v) is 2.20. The Morgan fingerprint density at radius 2 is 2.25 bits per heavy atom. The molecule has 2 aromatic rings. The van der Waals surface area contributed by atoms with Gasteiger partial charge in [-0.15, -0.1) is 0 Å². The largest absolute Gasteiger partial charge is 0.325 e. The summed E-state index contributed by atoms with van der Waals surface area (Å²) in [4.78, 5) is 14.8. The quantitative estimate of drug-likeness (QED) is 0.497. The van der Waals surface area contributed by atoms with Crippen molar-refractivity contribution in [3.63, 3.8) is 0 Å². The summed E-state index contributed by atoms with van der Waals surface area (Å²) in [7, 11) is 1.92. The maximum atomic E-state index is 11.2. The Balaban J connectivity index is 1.95. The zero-order valence-corrected chi connectivity index (χ0v) is 10.8. The fraction of sp³-hybridized carbons (Fsp3) is 0.250. The molecule has 0 aromatic carbocycles. The SMILES string of the molecule is C[n+]1ccc(CC2C([N+](=O)[O-])=CNc3ncnn32)cc1. The number of hydrogen-bond donors (Lipinski definition) is 1. The summed E-state index contributed by atoms with van der Waals surface area (Å²) in [5.74, 6) is 0.516. The second-order valence-electron chi connectivity index (χ2n) is 4.59. The minimum atomic E-state index is -0.462. The first-order valence-electron chi connectivity index (χ1n) is 6.10. The molecule has 1 N–H and O–H groups in total. The molecule has 1 atom stereocenters. The Kier molecular flexibility index (Phi) is 2.90.